The van der Waals surface area contributed by atoms with Gasteiger partial charge >= 0.3 is 5.97 Å². The molecular formula is C23H23FO4. The Morgan fingerprint density at radius 1 is 1.07 bits per heavy atom. The number of rotatable bonds is 9. The lowest BCUT2D eigenvalue weighted by Gasteiger charge is -2.17. The van der Waals surface area contributed by atoms with Crippen molar-refractivity contribution < 1.29 is 23.8 Å². The monoisotopic (exact) mass is 382 g/mol. The molecule has 5 heteroatoms. The third-order valence-corrected chi connectivity index (χ3v) is 4.84. The Bertz CT molecular complexity index is 858. The van der Waals surface area contributed by atoms with Crippen LogP contribution in [0.4, 0.5) is 4.39 Å². The molecule has 0 spiro atoms. The van der Waals surface area contributed by atoms with Gasteiger partial charge in [0.15, 0.2) is 0 Å². The molecule has 1 unspecified atom stereocenters. The number of ether oxygens (including phenoxy) is 2. The topological polar surface area (TPSA) is 55.8 Å². The summed E-state index contributed by atoms with van der Waals surface area (Å²) in [6, 6.07) is 13.4. The molecule has 1 aliphatic carbocycles. The molecule has 0 saturated heterocycles. The summed E-state index contributed by atoms with van der Waals surface area (Å²) >= 11 is 0. The molecule has 28 heavy (non-hydrogen) atoms. The van der Waals surface area contributed by atoms with Gasteiger partial charge in [-0.15, -0.1) is 5.92 Å². The van der Waals surface area contributed by atoms with Gasteiger partial charge in [0, 0.05) is 5.41 Å². The van der Waals surface area contributed by atoms with Crippen molar-refractivity contribution in [1.82, 2.24) is 0 Å². The largest absolute Gasteiger partial charge is 0.493 e. The van der Waals surface area contributed by atoms with Crippen LogP contribution in [0.1, 0.15) is 37.7 Å². The molecule has 0 heterocycles. The summed E-state index contributed by atoms with van der Waals surface area (Å²) in [4.78, 5) is 11.0. The minimum atomic E-state index is -0.870. The van der Waals surface area contributed by atoms with Gasteiger partial charge < -0.3 is 14.6 Å². The van der Waals surface area contributed by atoms with E-state index in [2.05, 4.69) is 11.8 Å². The first-order chi connectivity index (χ1) is 13.5. The fourth-order valence-electron chi connectivity index (χ4n) is 2.91. The predicted molar refractivity (Wildman–Crippen MR) is 104 cm³/mol. The lowest BCUT2D eigenvalue weighted by molar-refractivity contribution is -0.137. The Labute approximate surface area is 164 Å². The van der Waals surface area contributed by atoms with Gasteiger partial charge in [-0.3, -0.25) is 4.79 Å². The summed E-state index contributed by atoms with van der Waals surface area (Å²) < 4.78 is 24.7. The summed E-state index contributed by atoms with van der Waals surface area (Å²) in [5, 5.41) is 9.03. The van der Waals surface area contributed by atoms with Gasteiger partial charge in [0.05, 0.1) is 25.6 Å². The summed E-state index contributed by atoms with van der Waals surface area (Å²) in [6.07, 6.45) is 2.03. The number of carbonyl (C=O) groups is 1. The number of hydrogen-bond acceptors (Lipinski definition) is 3. The molecule has 0 aromatic heterocycles. The molecule has 0 aliphatic heterocycles. The third-order valence-electron chi connectivity index (χ3n) is 4.84. The van der Waals surface area contributed by atoms with Gasteiger partial charge in [0.1, 0.15) is 17.3 Å². The molecule has 1 N–H and O–H groups in total. The van der Waals surface area contributed by atoms with E-state index >= 15 is 0 Å². The molecule has 3 rings (SSSR count). The highest BCUT2D eigenvalue weighted by molar-refractivity contribution is 5.69. The van der Waals surface area contributed by atoms with E-state index < -0.39 is 5.97 Å². The molecule has 2 aromatic rings. The molecule has 4 nitrogen and oxygen atoms in total. The highest BCUT2D eigenvalue weighted by atomic mass is 19.1. The zero-order valence-electron chi connectivity index (χ0n) is 15.8. The minimum absolute atomic E-state index is 0.00735. The van der Waals surface area contributed by atoms with Crippen molar-refractivity contribution in [2.45, 2.75) is 32.1 Å². The van der Waals surface area contributed by atoms with E-state index in [4.69, 9.17) is 14.6 Å². The normalized spacial score (nSPS) is 15.1. The van der Waals surface area contributed by atoms with Crippen molar-refractivity contribution in [3.63, 3.8) is 0 Å². The van der Waals surface area contributed by atoms with Gasteiger partial charge in [-0.1, -0.05) is 18.1 Å². The lowest BCUT2D eigenvalue weighted by atomic mass is 9.96. The molecule has 1 atom stereocenters. The second kappa shape index (κ2) is 8.79. The Morgan fingerprint density at radius 2 is 1.61 bits per heavy atom. The third kappa shape index (κ3) is 5.50. The van der Waals surface area contributed by atoms with Crippen LogP contribution in [0, 0.1) is 23.1 Å². The van der Waals surface area contributed by atoms with Crippen LogP contribution in [0.25, 0.3) is 0 Å². The quantitative estimate of drug-likeness (QED) is 0.642. The Morgan fingerprint density at radius 3 is 2.07 bits per heavy atom. The molecule has 1 fully saturated rings. The van der Waals surface area contributed by atoms with Crippen molar-refractivity contribution >= 4 is 5.97 Å². The predicted octanol–water partition coefficient (Wildman–Crippen LogP) is 4.65. The molecule has 0 radical (unpaired) electrons. The van der Waals surface area contributed by atoms with E-state index in [-0.39, 0.29) is 23.6 Å². The Hall–Kier alpha value is -3.00. The van der Waals surface area contributed by atoms with Gasteiger partial charge in [0.2, 0.25) is 0 Å². The number of halogens is 1. The smallest absolute Gasteiger partial charge is 0.304 e. The number of carboxylic acids is 1. The first-order valence-electron chi connectivity index (χ1n) is 9.25. The fraction of sp³-hybridized carbons (Fsp3) is 0.348. The Balaban J connectivity index is 1.53. The SMILES string of the molecule is CC#CC(CC(=O)O)c1ccc(OCC2(COc3ccc(F)cc3)CC2)cc1. The summed E-state index contributed by atoms with van der Waals surface area (Å²) in [6.45, 7) is 2.78. The van der Waals surface area contributed by atoms with Crippen molar-refractivity contribution in [3.8, 4) is 23.3 Å². The zero-order chi connectivity index (χ0) is 20.0. The van der Waals surface area contributed by atoms with Crippen molar-refractivity contribution in [2.75, 3.05) is 13.2 Å². The average molecular weight is 382 g/mol. The van der Waals surface area contributed by atoms with Crippen LogP contribution in [0.5, 0.6) is 11.5 Å². The van der Waals surface area contributed by atoms with Gasteiger partial charge in [0.25, 0.3) is 0 Å². The molecule has 1 saturated carbocycles. The maximum Gasteiger partial charge on any atom is 0.304 e. The van der Waals surface area contributed by atoms with Crippen molar-refractivity contribution in [3.05, 3.63) is 59.9 Å². The Kier molecular flexibility index (Phi) is 6.20. The number of aliphatic carboxylic acids is 1. The zero-order valence-corrected chi connectivity index (χ0v) is 15.8. The summed E-state index contributed by atoms with van der Waals surface area (Å²) in [5.41, 5.74) is 0.858. The molecule has 146 valence electrons. The van der Waals surface area contributed by atoms with Crippen LogP contribution in [0.15, 0.2) is 48.5 Å². The minimum Gasteiger partial charge on any atom is -0.493 e. The van der Waals surface area contributed by atoms with Crippen molar-refractivity contribution in [1.29, 1.82) is 0 Å². The van der Waals surface area contributed by atoms with E-state index in [1.807, 2.05) is 24.3 Å². The highest BCUT2D eigenvalue weighted by Gasteiger charge is 2.44. The second-order valence-electron chi connectivity index (χ2n) is 7.15. The average Bonchev–Trinajstić information content (AvgIpc) is 3.46. The van der Waals surface area contributed by atoms with Crippen LogP contribution in [0.2, 0.25) is 0 Å². The maximum absolute atomic E-state index is 13.0. The lowest BCUT2D eigenvalue weighted by Crippen LogP contribution is -2.21. The van der Waals surface area contributed by atoms with Gasteiger partial charge in [-0.25, -0.2) is 4.39 Å². The molecule has 1 aliphatic rings. The highest BCUT2D eigenvalue weighted by Crippen LogP contribution is 2.46. The molecule has 0 amide bonds. The molecular weight excluding hydrogens is 359 g/mol. The fourth-order valence-corrected chi connectivity index (χ4v) is 2.91. The van der Waals surface area contributed by atoms with E-state index in [1.54, 1.807) is 19.1 Å². The van der Waals surface area contributed by atoms with E-state index in [0.29, 0.717) is 19.0 Å². The van der Waals surface area contributed by atoms with Gasteiger partial charge in [-0.05, 0) is 61.7 Å². The van der Waals surface area contributed by atoms with Crippen LogP contribution in [0.3, 0.4) is 0 Å². The number of hydrogen-bond donors (Lipinski definition) is 1. The number of benzene rings is 2. The summed E-state index contributed by atoms with van der Waals surface area (Å²) in [7, 11) is 0. The van der Waals surface area contributed by atoms with Gasteiger partial charge in [-0.2, -0.15) is 0 Å². The second-order valence-corrected chi connectivity index (χ2v) is 7.15. The maximum atomic E-state index is 13.0. The standard InChI is InChI=1S/C23H23FO4/c1-2-3-18(14-22(25)26)17-4-8-20(9-5-17)27-15-23(12-13-23)16-28-21-10-6-19(24)7-11-21/h4-11,18H,12-16H2,1H3,(H,25,26). The first-order valence-corrected chi connectivity index (χ1v) is 9.25. The molecule has 0 bridgehead atoms. The van der Waals surface area contributed by atoms with E-state index in [9.17, 15) is 9.18 Å². The van der Waals surface area contributed by atoms with Crippen LogP contribution < -0.4 is 9.47 Å². The summed E-state index contributed by atoms with van der Waals surface area (Å²) in [5.74, 6) is 5.64. The number of carboxylic acid groups (broad SMARTS) is 1. The van der Waals surface area contributed by atoms with Crippen LogP contribution in [-0.2, 0) is 4.79 Å². The van der Waals surface area contributed by atoms with Crippen molar-refractivity contribution in [2.24, 2.45) is 5.41 Å². The van der Waals surface area contributed by atoms with Crippen LogP contribution in [-0.4, -0.2) is 24.3 Å². The first kappa shape index (κ1) is 19.8. The van der Waals surface area contributed by atoms with E-state index in [1.165, 1.54) is 12.1 Å². The van der Waals surface area contributed by atoms with Crippen LogP contribution >= 0.6 is 0 Å². The van der Waals surface area contributed by atoms with E-state index in [0.717, 1.165) is 24.2 Å². The molecule has 2 aromatic carbocycles.